The Hall–Kier alpha value is -1.69. The molecule has 2 aromatic rings. The van der Waals surface area contributed by atoms with Gasteiger partial charge in [0.15, 0.2) is 6.61 Å². The maximum Gasteiger partial charge on any atom is 0.260 e. The van der Waals surface area contributed by atoms with Crippen LogP contribution in [0.2, 0.25) is 0 Å². The number of nitrogens with zero attached hydrogens (tertiary/aromatic N) is 3. The molecule has 1 aliphatic rings. The lowest BCUT2D eigenvalue weighted by Crippen LogP contribution is -2.44. The second kappa shape index (κ2) is 5.75. The van der Waals surface area contributed by atoms with E-state index < -0.39 is 0 Å². The Labute approximate surface area is 121 Å². The number of aromatic nitrogens is 2. The van der Waals surface area contributed by atoms with E-state index in [0.717, 1.165) is 29.6 Å². The van der Waals surface area contributed by atoms with Gasteiger partial charge in [-0.1, -0.05) is 0 Å². The highest BCUT2D eigenvalue weighted by atomic mass is 32.1. The second-order valence-corrected chi connectivity index (χ2v) is 5.93. The van der Waals surface area contributed by atoms with Crippen molar-refractivity contribution in [3.63, 3.8) is 0 Å². The van der Waals surface area contributed by atoms with Crippen molar-refractivity contribution >= 4 is 27.5 Å². The van der Waals surface area contributed by atoms with Crippen LogP contribution in [0.5, 0.6) is 5.88 Å². The first-order valence-electron chi connectivity index (χ1n) is 6.86. The number of hydrogen-bond acceptors (Lipinski definition) is 5. The Morgan fingerprint density at radius 1 is 1.50 bits per heavy atom. The normalized spacial score (nSPS) is 19.2. The topological polar surface area (TPSA) is 55.3 Å². The predicted octanol–water partition coefficient (Wildman–Crippen LogP) is 2.47. The highest BCUT2D eigenvalue weighted by molar-refractivity contribution is 7.16. The van der Waals surface area contributed by atoms with Gasteiger partial charge in [0.2, 0.25) is 5.88 Å². The van der Waals surface area contributed by atoms with Gasteiger partial charge in [-0.25, -0.2) is 9.97 Å². The van der Waals surface area contributed by atoms with Crippen LogP contribution in [0.4, 0.5) is 0 Å². The molecule has 0 spiro atoms. The first-order chi connectivity index (χ1) is 9.75. The molecule has 1 aliphatic heterocycles. The molecule has 20 heavy (non-hydrogen) atoms. The van der Waals surface area contributed by atoms with Crippen LogP contribution in [0.25, 0.3) is 10.2 Å². The van der Waals surface area contributed by atoms with Crippen LogP contribution in [0, 0.1) is 0 Å². The molecule has 0 radical (unpaired) electrons. The zero-order valence-electron chi connectivity index (χ0n) is 11.4. The Bertz CT molecular complexity index is 613. The van der Waals surface area contributed by atoms with Crippen molar-refractivity contribution in [3.05, 3.63) is 17.8 Å². The number of fused-ring (bicyclic) bond motifs is 1. The smallest absolute Gasteiger partial charge is 0.260 e. The largest absolute Gasteiger partial charge is 0.467 e. The number of thiophene rings is 1. The highest BCUT2D eigenvalue weighted by Gasteiger charge is 2.23. The van der Waals surface area contributed by atoms with Crippen molar-refractivity contribution in [2.45, 2.75) is 32.2 Å². The van der Waals surface area contributed by atoms with Crippen molar-refractivity contribution in [3.8, 4) is 5.88 Å². The van der Waals surface area contributed by atoms with Crippen LogP contribution in [-0.2, 0) is 4.79 Å². The fraction of sp³-hybridized carbons (Fsp3) is 0.500. The van der Waals surface area contributed by atoms with Gasteiger partial charge in [-0.15, -0.1) is 11.3 Å². The number of likely N-dealkylation sites (tertiary alicyclic amines) is 1. The standard InChI is InChI=1S/C14H17N3O2S/c1-10-4-2-3-6-17(10)12(18)8-19-13-11-5-7-20-14(11)16-9-15-13/h5,7,9-10H,2-4,6,8H2,1H3/t10-/m1/s1. The molecule has 2 aromatic heterocycles. The molecule has 1 amide bonds. The van der Waals surface area contributed by atoms with E-state index in [0.29, 0.717) is 11.9 Å². The van der Waals surface area contributed by atoms with E-state index in [1.54, 1.807) is 0 Å². The van der Waals surface area contributed by atoms with Crippen LogP contribution < -0.4 is 4.74 Å². The van der Waals surface area contributed by atoms with E-state index in [1.807, 2.05) is 16.3 Å². The Kier molecular flexibility index (Phi) is 3.82. The van der Waals surface area contributed by atoms with Crippen LogP contribution in [-0.4, -0.2) is 40.0 Å². The molecule has 6 heteroatoms. The van der Waals surface area contributed by atoms with E-state index in [2.05, 4.69) is 16.9 Å². The van der Waals surface area contributed by atoms with E-state index >= 15 is 0 Å². The van der Waals surface area contributed by atoms with E-state index in [-0.39, 0.29) is 12.5 Å². The number of amides is 1. The molecule has 5 nitrogen and oxygen atoms in total. The quantitative estimate of drug-likeness (QED) is 0.871. The number of carbonyl (C=O) groups excluding carboxylic acids is 1. The molecular weight excluding hydrogens is 274 g/mol. The Morgan fingerprint density at radius 2 is 2.40 bits per heavy atom. The molecule has 1 fully saturated rings. The van der Waals surface area contributed by atoms with Crippen LogP contribution in [0.1, 0.15) is 26.2 Å². The summed E-state index contributed by atoms with van der Waals surface area (Å²) in [5.74, 6) is 0.536. The predicted molar refractivity (Wildman–Crippen MR) is 77.9 cm³/mol. The van der Waals surface area contributed by atoms with E-state index in [4.69, 9.17) is 4.74 Å². The first kappa shape index (κ1) is 13.3. The maximum absolute atomic E-state index is 12.2. The van der Waals surface area contributed by atoms with E-state index in [9.17, 15) is 4.79 Å². The molecule has 0 N–H and O–H groups in total. The van der Waals surface area contributed by atoms with Gasteiger partial charge in [-0.05, 0) is 37.6 Å². The fourth-order valence-corrected chi connectivity index (χ4v) is 3.29. The summed E-state index contributed by atoms with van der Waals surface area (Å²) < 4.78 is 5.61. The minimum Gasteiger partial charge on any atom is -0.467 e. The van der Waals surface area contributed by atoms with Crippen molar-refractivity contribution in [1.82, 2.24) is 14.9 Å². The Balaban J connectivity index is 1.67. The zero-order chi connectivity index (χ0) is 13.9. The summed E-state index contributed by atoms with van der Waals surface area (Å²) in [5, 5.41) is 2.82. The molecule has 3 rings (SSSR count). The molecule has 0 aromatic carbocycles. The molecule has 3 heterocycles. The van der Waals surface area contributed by atoms with Gasteiger partial charge < -0.3 is 9.64 Å². The molecule has 106 valence electrons. The second-order valence-electron chi connectivity index (χ2n) is 5.04. The third kappa shape index (κ3) is 2.60. The third-order valence-corrected chi connectivity index (χ3v) is 4.50. The summed E-state index contributed by atoms with van der Waals surface area (Å²) in [5.41, 5.74) is 0. The number of ether oxygens (including phenoxy) is 1. The highest BCUT2D eigenvalue weighted by Crippen LogP contribution is 2.25. The fourth-order valence-electron chi connectivity index (χ4n) is 2.56. The minimum atomic E-state index is 0.0409. The van der Waals surface area contributed by atoms with Gasteiger partial charge in [-0.2, -0.15) is 0 Å². The summed E-state index contributed by atoms with van der Waals surface area (Å²) in [6.45, 7) is 2.98. The summed E-state index contributed by atoms with van der Waals surface area (Å²) >= 11 is 1.54. The molecular formula is C14H17N3O2S. The van der Waals surface area contributed by atoms with Crippen LogP contribution in [0.3, 0.4) is 0 Å². The van der Waals surface area contributed by atoms with Gasteiger partial charge in [-0.3, -0.25) is 4.79 Å². The Morgan fingerprint density at radius 3 is 3.25 bits per heavy atom. The molecule has 0 saturated carbocycles. The lowest BCUT2D eigenvalue weighted by Gasteiger charge is -2.33. The lowest BCUT2D eigenvalue weighted by atomic mass is 10.0. The van der Waals surface area contributed by atoms with Gasteiger partial charge in [0.1, 0.15) is 11.2 Å². The third-order valence-electron chi connectivity index (χ3n) is 3.68. The molecule has 1 saturated heterocycles. The number of piperidine rings is 1. The van der Waals surface area contributed by atoms with Gasteiger partial charge in [0.05, 0.1) is 5.39 Å². The average molecular weight is 291 g/mol. The molecule has 0 bridgehead atoms. The summed E-state index contributed by atoms with van der Waals surface area (Å²) in [7, 11) is 0. The average Bonchev–Trinajstić information content (AvgIpc) is 2.94. The molecule has 0 aliphatic carbocycles. The van der Waals surface area contributed by atoms with Gasteiger partial charge in [0, 0.05) is 12.6 Å². The van der Waals surface area contributed by atoms with Crippen LogP contribution in [0.15, 0.2) is 17.8 Å². The van der Waals surface area contributed by atoms with Crippen molar-refractivity contribution in [1.29, 1.82) is 0 Å². The van der Waals surface area contributed by atoms with Crippen molar-refractivity contribution < 1.29 is 9.53 Å². The summed E-state index contributed by atoms with van der Waals surface area (Å²) in [6.07, 6.45) is 4.84. The van der Waals surface area contributed by atoms with Crippen molar-refractivity contribution in [2.75, 3.05) is 13.2 Å². The lowest BCUT2D eigenvalue weighted by molar-refractivity contribution is -0.136. The van der Waals surface area contributed by atoms with E-state index in [1.165, 1.54) is 24.1 Å². The van der Waals surface area contributed by atoms with Crippen molar-refractivity contribution in [2.24, 2.45) is 0 Å². The summed E-state index contributed by atoms with van der Waals surface area (Å²) in [4.78, 5) is 23.3. The number of carbonyl (C=O) groups is 1. The first-order valence-corrected chi connectivity index (χ1v) is 7.74. The molecule has 0 unspecified atom stereocenters. The van der Waals surface area contributed by atoms with Gasteiger partial charge in [0.25, 0.3) is 5.91 Å². The van der Waals surface area contributed by atoms with Gasteiger partial charge >= 0.3 is 0 Å². The zero-order valence-corrected chi connectivity index (χ0v) is 12.2. The monoisotopic (exact) mass is 291 g/mol. The number of hydrogen-bond donors (Lipinski definition) is 0. The SMILES string of the molecule is C[C@@H]1CCCCN1C(=O)COc1ncnc2sccc12. The number of rotatable bonds is 3. The minimum absolute atomic E-state index is 0.0409. The maximum atomic E-state index is 12.2. The van der Waals surface area contributed by atoms with Crippen LogP contribution >= 0.6 is 11.3 Å². The summed E-state index contributed by atoms with van der Waals surface area (Å²) in [6, 6.07) is 2.23. The molecule has 1 atom stereocenters.